The molecule has 6 nitrogen and oxygen atoms in total. The van der Waals surface area contributed by atoms with Crippen LogP contribution in [0.25, 0.3) is 0 Å². The van der Waals surface area contributed by atoms with Gasteiger partial charge in [0.1, 0.15) is 5.75 Å². The number of hydrogen-bond donors (Lipinski definition) is 0. The van der Waals surface area contributed by atoms with Gasteiger partial charge in [-0.25, -0.2) is 0 Å². The second-order valence-electron chi connectivity index (χ2n) is 6.86. The smallest absolute Gasteiger partial charge is 0.290 e. The average molecular weight is 354 g/mol. The Morgan fingerprint density at radius 1 is 1.08 bits per heavy atom. The molecule has 2 heterocycles. The Balaban J connectivity index is 1.38. The van der Waals surface area contributed by atoms with E-state index in [0.717, 1.165) is 6.54 Å². The first-order valence-electron chi connectivity index (χ1n) is 9.09. The SMILES string of the molecule is O=C1CCN(C(=O)c2ccc(Oc3ccccc3)o2)CCN1CC1CC1. The van der Waals surface area contributed by atoms with Crippen molar-refractivity contribution < 1.29 is 18.7 Å². The summed E-state index contributed by atoms with van der Waals surface area (Å²) < 4.78 is 11.2. The molecule has 0 spiro atoms. The molecule has 4 rings (SSSR count). The van der Waals surface area contributed by atoms with Crippen molar-refractivity contribution in [3.8, 4) is 11.7 Å². The molecular weight excluding hydrogens is 332 g/mol. The molecule has 2 aromatic rings. The van der Waals surface area contributed by atoms with Crippen LogP contribution in [-0.2, 0) is 4.79 Å². The summed E-state index contributed by atoms with van der Waals surface area (Å²) in [6.45, 7) is 2.38. The molecule has 26 heavy (non-hydrogen) atoms. The molecule has 0 radical (unpaired) electrons. The van der Waals surface area contributed by atoms with Crippen LogP contribution in [0.2, 0.25) is 0 Å². The third-order valence-electron chi connectivity index (χ3n) is 4.80. The van der Waals surface area contributed by atoms with Gasteiger partial charge in [-0.05, 0) is 37.0 Å². The molecule has 2 aliphatic rings. The van der Waals surface area contributed by atoms with Gasteiger partial charge >= 0.3 is 0 Å². The van der Waals surface area contributed by atoms with Crippen LogP contribution in [-0.4, -0.2) is 47.8 Å². The van der Waals surface area contributed by atoms with E-state index in [-0.39, 0.29) is 23.5 Å². The van der Waals surface area contributed by atoms with Crippen LogP contribution >= 0.6 is 0 Å². The number of rotatable bonds is 5. The van der Waals surface area contributed by atoms with Gasteiger partial charge in [-0.1, -0.05) is 18.2 Å². The normalized spacial score (nSPS) is 17.9. The number of carbonyl (C=O) groups excluding carboxylic acids is 2. The molecule has 1 saturated carbocycles. The van der Waals surface area contributed by atoms with E-state index in [1.54, 1.807) is 17.0 Å². The van der Waals surface area contributed by atoms with Crippen LogP contribution in [0.3, 0.4) is 0 Å². The Morgan fingerprint density at radius 3 is 2.65 bits per heavy atom. The zero-order chi connectivity index (χ0) is 17.9. The molecule has 1 aromatic carbocycles. The number of benzene rings is 1. The maximum atomic E-state index is 12.7. The number of nitrogens with zero attached hydrogens (tertiary/aromatic N) is 2. The number of carbonyl (C=O) groups is 2. The summed E-state index contributed by atoms with van der Waals surface area (Å²) in [7, 11) is 0. The fourth-order valence-corrected chi connectivity index (χ4v) is 3.13. The zero-order valence-electron chi connectivity index (χ0n) is 14.6. The van der Waals surface area contributed by atoms with Gasteiger partial charge in [0.15, 0.2) is 5.76 Å². The topological polar surface area (TPSA) is 63.0 Å². The van der Waals surface area contributed by atoms with E-state index in [4.69, 9.17) is 9.15 Å². The van der Waals surface area contributed by atoms with E-state index in [0.29, 0.717) is 37.7 Å². The maximum Gasteiger partial charge on any atom is 0.290 e. The fraction of sp³-hybridized carbons (Fsp3) is 0.400. The predicted octanol–water partition coefficient (Wildman–Crippen LogP) is 3.16. The maximum absolute atomic E-state index is 12.7. The lowest BCUT2D eigenvalue weighted by Crippen LogP contribution is -2.36. The van der Waals surface area contributed by atoms with Crippen LogP contribution in [0, 0.1) is 5.92 Å². The first-order valence-corrected chi connectivity index (χ1v) is 9.09. The Hall–Kier alpha value is -2.76. The van der Waals surface area contributed by atoms with Crippen molar-refractivity contribution in [2.24, 2.45) is 5.92 Å². The van der Waals surface area contributed by atoms with Crippen LogP contribution in [0.15, 0.2) is 46.9 Å². The third-order valence-corrected chi connectivity index (χ3v) is 4.80. The minimum absolute atomic E-state index is 0.139. The highest BCUT2D eigenvalue weighted by atomic mass is 16.6. The average Bonchev–Trinajstić information content (AvgIpc) is 3.39. The highest BCUT2D eigenvalue weighted by molar-refractivity contribution is 5.92. The Kier molecular flexibility index (Phi) is 4.65. The molecule has 1 saturated heterocycles. The summed E-state index contributed by atoms with van der Waals surface area (Å²) in [6.07, 6.45) is 2.79. The fourth-order valence-electron chi connectivity index (χ4n) is 3.13. The van der Waals surface area contributed by atoms with E-state index in [1.165, 1.54) is 12.8 Å². The number of ether oxygens (including phenoxy) is 1. The number of amides is 2. The van der Waals surface area contributed by atoms with Gasteiger partial charge in [0.2, 0.25) is 5.91 Å². The van der Waals surface area contributed by atoms with Gasteiger partial charge < -0.3 is 19.0 Å². The van der Waals surface area contributed by atoms with Gasteiger partial charge in [0, 0.05) is 38.7 Å². The summed E-state index contributed by atoms with van der Waals surface area (Å²) in [5.41, 5.74) is 0. The quantitative estimate of drug-likeness (QED) is 0.827. The lowest BCUT2D eigenvalue weighted by atomic mass is 10.3. The molecule has 0 unspecified atom stereocenters. The summed E-state index contributed by atoms with van der Waals surface area (Å²) in [5.74, 6) is 1.76. The van der Waals surface area contributed by atoms with Crippen molar-refractivity contribution in [3.63, 3.8) is 0 Å². The number of furan rings is 1. The highest BCUT2D eigenvalue weighted by Gasteiger charge is 2.30. The summed E-state index contributed by atoms with van der Waals surface area (Å²) in [6, 6.07) is 12.5. The van der Waals surface area contributed by atoms with E-state index in [9.17, 15) is 9.59 Å². The van der Waals surface area contributed by atoms with E-state index < -0.39 is 0 Å². The van der Waals surface area contributed by atoms with Crippen LogP contribution in [0.1, 0.15) is 29.8 Å². The van der Waals surface area contributed by atoms with Crippen LogP contribution < -0.4 is 4.74 Å². The molecule has 1 aliphatic heterocycles. The summed E-state index contributed by atoms with van der Waals surface area (Å²) >= 11 is 0. The molecule has 0 N–H and O–H groups in total. The Morgan fingerprint density at radius 2 is 1.88 bits per heavy atom. The molecule has 0 atom stereocenters. The lowest BCUT2D eigenvalue weighted by Gasteiger charge is -2.21. The number of hydrogen-bond acceptors (Lipinski definition) is 4. The largest absolute Gasteiger partial charge is 0.426 e. The first-order chi connectivity index (χ1) is 12.7. The molecule has 1 aromatic heterocycles. The van der Waals surface area contributed by atoms with Crippen molar-refractivity contribution in [1.82, 2.24) is 9.80 Å². The van der Waals surface area contributed by atoms with Crippen molar-refractivity contribution in [3.05, 3.63) is 48.2 Å². The molecule has 2 fully saturated rings. The van der Waals surface area contributed by atoms with Crippen LogP contribution in [0.4, 0.5) is 0 Å². The predicted molar refractivity (Wildman–Crippen MR) is 95.0 cm³/mol. The van der Waals surface area contributed by atoms with Crippen molar-refractivity contribution in [2.75, 3.05) is 26.2 Å². The van der Waals surface area contributed by atoms with E-state index in [1.807, 2.05) is 35.2 Å². The molecule has 2 amide bonds. The van der Waals surface area contributed by atoms with Crippen molar-refractivity contribution >= 4 is 11.8 Å². The monoisotopic (exact) mass is 354 g/mol. The highest BCUT2D eigenvalue weighted by Crippen LogP contribution is 2.30. The minimum Gasteiger partial charge on any atom is -0.426 e. The number of para-hydroxylation sites is 1. The minimum atomic E-state index is -0.200. The van der Waals surface area contributed by atoms with E-state index >= 15 is 0 Å². The summed E-state index contributed by atoms with van der Waals surface area (Å²) in [5, 5.41) is 0. The van der Waals surface area contributed by atoms with Crippen molar-refractivity contribution in [1.29, 1.82) is 0 Å². The van der Waals surface area contributed by atoms with Gasteiger partial charge in [-0.15, -0.1) is 0 Å². The molecule has 6 heteroatoms. The molecule has 0 bridgehead atoms. The second-order valence-corrected chi connectivity index (χ2v) is 6.86. The van der Waals surface area contributed by atoms with Gasteiger partial charge in [-0.3, -0.25) is 9.59 Å². The third kappa shape index (κ3) is 3.90. The van der Waals surface area contributed by atoms with Crippen molar-refractivity contribution in [2.45, 2.75) is 19.3 Å². The molecular formula is C20H22N2O4. The van der Waals surface area contributed by atoms with Crippen LogP contribution in [0.5, 0.6) is 11.7 Å². The Bertz CT molecular complexity index is 782. The lowest BCUT2D eigenvalue weighted by molar-refractivity contribution is -0.130. The van der Waals surface area contributed by atoms with Gasteiger partial charge in [-0.2, -0.15) is 0 Å². The molecule has 1 aliphatic carbocycles. The summed E-state index contributed by atoms with van der Waals surface area (Å²) in [4.78, 5) is 28.5. The molecule has 136 valence electrons. The first kappa shape index (κ1) is 16.7. The van der Waals surface area contributed by atoms with Gasteiger partial charge in [0.25, 0.3) is 11.9 Å². The van der Waals surface area contributed by atoms with E-state index in [2.05, 4.69) is 0 Å². The zero-order valence-corrected chi connectivity index (χ0v) is 14.6. The van der Waals surface area contributed by atoms with Gasteiger partial charge in [0.05, 0.1) is 0 Å². The second kappa shape index (κ2) is 7.23. The standard InChI is InChI=1S/C20H22N2O4/c23-18-10-11-21(12-13-22(18)14-15-6-7-15)20(24)17-8-9-19(26-17)25-16-4-2-1-3-5-16/h1-5,8-9,15H,6-7,10-14H2. The Labute approximate surface area is 152 Å².